The van der Waals surface area contributed by atoms with E-state index in [2.05, 4.69) is 5.32 Å². The Balaban J connectivity index is 2.98. The van der Waals surface area contributed by atoms with E-state index in [0.29, 0.717) is 16.3 Å². The summed E-state index contributed by atoms with van der Waals surface area (Å²) in [4.78, 5) is 12.2. The second-order valence-corrected chi connectivity index (χ2v) is 6.26. The van der Waals surface area contributed by atoms with Crippen LogP contribution < -0.4 is 11.1 Å². The first-order chi connectivity index (χ1) is 8.26. The number of aryl methyl sites for hydroxylation is 1. The molecule has 0 heterocycles. The molecule has 1 aromatic carbocycles. The van der Waals surface area contributed by atoms with Crippen LogP contribution >= 0.6 is 23.4 Å². The number of nitrogens with one attached hydrogen (secondary N) is 1. The van der Waals surface area contributed by atoms with E-state index in [-0.39, 0.29) is 11.4 Å². The number of thioether (sulfide) groups is 1. The van der Waals surface area contributed by atoms with Gasteiger partial charge in [0.15, 0.2) is 0 Å². The standard InChI is InChI=1S/C13H19ClN2OS/c1-8-5-9(14)6-10(11(8)15)12(17)16-13(2,3)7-18-4/h5-6H,7,15H2,1-4H3,(H,16,17). The van der Waals surface area contributed by atoms with Crippen molar-refractivity contribution in [1.82, 2.24) is 5.32 Å². The van der Waals surface area contributed by atoms with Gasteiger partial charge in [0.1, 0.15) is 0 Å². The number of amides is 1. The molecular formula is C13H19ClN2OS. The van der Waals surface area contributed by atoms with Crippen LogP contribution in [0, 0.1) is 6.92 Å². The van der Waals surface area contributed by atoms with Crippen LogP contribution in [0.15, 0.2) is 12.1 Å². The van der Waals surface area contributed by atoms with Crippen molar-refractivity contribution < 1.29 is 4.79 Å². The van der Waals surface area contributed by atoms with E-state index in [4.69, 9.17) is 17.3 Å². The number of hydrogen-bond donors (Lipinski definition) is 2. The van der Waals surface area contributed by atoms with E-state index in [1.807, 2.05) is 27.0 Å². The van der Waals surface area contributed by atoms with E-state index in [9.17, 15) is 4.79 Å². The molecule has 1 aromatic rings. The summed E-state index contributed by atoms with van der Waals surface area (Å²) in [6.07, 6.45) is 2.01. The zero-order valence-corrected chi connectivity index (χ0v) is 12.7. The molecule has 3 nitrogen and oxygen atoms in total. The van der Waals surface area contributed by atoms with Gasteiger partial charge in [-0.2, -0.15) is 11.8 Å². The first-order valence-corrected chi connectivity index (χ1v) is 7.41. The fourth-order valence-electron chi connectivity index (χ4n) is 1.71. The lowest BCUT2D eigenvalue weighted by Crippen LogP contribution is -2.45. The molecule has 1 rings (SSSR count). The number of hydrogen-bond acceptors (Lipinski definition) is 3. The monoisotopic (exact) mass is 286 g/mol. The highest BCUT2D eigenvalue weighted by Crippen LogP contribution is 2.23. The average molecular weight is 287 g/mol. The average Bonchev–Trinajstić information content (AvgIpc) is 2.22. The normalized spacial score (nSPS) is 11.4. The fourth-order valence-corrected chi connectivity index (χ4v) is 2.78. The molecule has 0 aliphatic heterocycles. The molecule has 0 atom stereocenters. The van der Waals surface area contributed by atoms with E-state index in [1.54, 1.807) is 23.9 Å². The Bertz CT molecular complexity index is 461. The van der Waals surface area contributed by atoms with Crippen molar-refractivity contribution >= 4 is 35.0 Å². The molecule has 0 saturated heterocycles. The summed E-state index contributed by atoms with van der Waals surface area (Å²) < 4.78 is 0. The Morgan fingerprint density at radius 1 is 1.50 bits per heavy atom. The highest BCUT2D eigenvalue weighted by Gasteiger charge is 2.22. The second-order valence-electron chi connectivity index (χ2n) is 4.95. The van der Waals surface area contributed by atoms with E-state index < -0.39 is 0 Å². The van der Waals surface area contributed by atoms with Crippen LogP contribution in [0.3, 0.4) is 0 Å². The highest BCUT2D eigenvalue weighted by atomic mass is 35.5. The van der Waals surface area contributed by atoms with Crippen LogP contribution in [-0.2, 0) is 0 Å². The Morgan fingerprint density at radius 3 is 2.67 bits per heavy atom. The van der Waals surface area contributed by atoms with Crippen molar-refractivity contribution in [3.8, 4) is 0 Å². The number of nitrogens with two attached hydrogens (primary N) is 1. The Kier molecular flexibility index (Phi) is 4.93. The number of halogens is 1. The number of carbonyl (C=O) groups excluding carboxylic acids is 1. The predicted molar refractivity (Wildman–Crippen MR) is 80.5 cm³/mol. The van der Waals surface area contributed by atoms with Crippen molar-refractivity contribution in [2.24, 2.45) is 0 Å². The molecule has 0 saturated carbocycles. The van der Waals surface area contributed by atoms with Crippen LogP contribution in [0.25, 0.3) is 0 Å². The van der Waals surface area contributed by atoms with Gasteiger partial charge in [-0.1, -0.05) is 11.6 Å². The molecule has 0 aromatic heterocycles. The first-order valence-electron chi connectivity index (χ1n) is 5.64. The quantitative estimate of drug-likeness (QED) is 0.836. The lowest BCUT2D eigenvalue weighted by Gasteiger charge is -2.25. The molecule has 0 bridgehead atoms. The fraction of sp³-hybridized carbons (Fsp3) is 0.462. The van der Waals surface area contributed by atoms with Crippen molar-refractivity contribution in [1.29, 1.82) is 0 Å². The van der Waals surface area contributed by atoms with Gasteiger partial charge in [-0.15, -0.1) is 0 Å². The van der Waals surface area contributed by atoms with E-state index >= 15 is 0 Å². The molecule has 0 aliphatic rings. The van der Waals surface area contributed by atoms with Crippen molar-refractivity contribution in [2.45, 2.75) is 26.3 Å². The van der Waals surface area contributed by atoms with E-state index in [1.165, 1.54) is 0 Å². The molecular weight excluding hydrogens is 268 g/mol. The van der Waals surface area contributed by atoms with Crippen LogP contribution in [0.5, 0.6) is 0 Å². The van der Waals surface area contributed by atoms with Gasteiger partial charge < -0.3 is 11.1 Å². The number of rotatable bonds is 4. The minimum atomic E-state index is -0.279. The van der Waals surface area contributed by atoms with Gasteiger partial charge in [0, 0.05) is 22.0 Å². The maximum absolute atomic E-state index is 12.2. The largest absolute Gasteiger partial charge is 0.398 e. The van der Waals surface area contributed by atoms with Crippen LogP contribution in [0.2, 0.25) is 5.02 Å². The SMILES string of the molecule is CSCC(C)(C)NC(=O)c1cc(Cl)cc(C)c1N. The molecule has 1 amide bonds. The summed E-state index contributed by atoms with van der Waals surface area (Å²) in [7, 11) is 0. The zero-order valence-electron chi connectivity index (χ0n) is 11.1. The van der Waals surface area contributed by atoms with Crippen LogP contribution in [0.1, 0.15) is 29.8 Å². The lowest BCUT2D eigenvalue weighted by molar-refractivity contribution is 0.0922. The van der Waals surface area contributed by atoms with Gasteiger partial charge in [-0.3, -0.25) is 4.79 Å². The molecule has 5 heteroatoms. The Labute approximate surface area is 117 Å². The van der Waals surface area contributed by atoms with Crippen molar-refractivity contribution in [2.75, 3.05) is 17.7 Å². The summed E-state index contributed by atoms with van der Waals surface area (Å²) in [6.45, 7) is 5.80. The number of carbonyl (C=O) groups is 1. The predicted octanol–water partition coefficient (Wildman–Crippen LogP) is 3.10. The number of benzene rings is 1. The molecule has 0 fully saturated rings. The summed E-state index contributed by atoms with van der Waals surface area (Å²) in [5, 5.41) is 3.49. The second kappa shape index (κ2) is 5.85. The smallest absolute Gasteiger partial charge is 0.253 e. The van der Waals surface area contributed by atoms with Gasteiger partial charge in [0.25, 0.3) is 5.91 Å². The van der Waals surface area contributed by atoms with Gasteiger partial charge >= 0.3 is 0 Å². The molecule has 0 spiro atoms. The van der Waals surface area contributed by atoms with Crippen LogP contribution in [-0.4, -0.2) is 23.5 Å². The minimum Gasteiger partial charge on any atom is -0.398 e. The Morgan fingerprint density at radius 2 is 2.11 bits per heavy atom. The molecule has 3 N–H and O–H groups in total. The summed E-state index contributed by atoms with van der Waals surface area (Å²) in [5.74, 6) is 0.648. The molecule has 0 aliphatic carbocycles. The maximum Gasteiger partial charge on any atom is 0.253 e. The van der Waals surface area contributed by atoms with Gasteiger partial charge in [0.05, 0.1) is 5.56 Å². The number of nitrogen functional groups attached to an aromatic ring is 1. The molecule has 100 valence electrons. The zero-order chi connectivity index (χ0) is 13.9. The third-order valence-corrected chi connectivity index (χ3v) is 3.78. The van der Waals surface area contributed by atoms with Crippen molar-refractivity contribution in [3.05, 3.63) is 28.3 Å². The lowest BCUT2D eigenvalue weighted by atomic mass is 10.0. The van der Waals surface area contributed by atoms with Gasteiger partial charge in [-0.05, 0) is 44.7 Å². The van der Waals surface area contributed by atoms with Crippen LogP contribution in [0.4, 0.5) is 5.69 Å². The highest BCUT2D eigenvalue weighted by molar-refractivity contribution is 7.98. The molecule has 18 heavy (non-hydrogen) atoms. The van der Waals surface area contributed by atoms with Crippen molar-refractivity contribution in [3.63, 3.8) is 0 Å². The summed E-state index contributed by atoms with van der Waals surface area (Å²) >= 11 is 7.64. The van der Waals surface area contributed by atoms with Gasteiger partial charge in [-0.25, -0.2) is 0 Å². The van der Waals surface area contributed by atoms with Gasteiger partial charge in [0.2, 0.25) is 0 Å². The summed E-state index contributed by atoms with van der Waals surface area (Å²) in [5.41, 5.74) is 7.38. The third-order valence-electron chi connectivity index (χ3n) is 2.55. The third kappa shape index (κ3) is 3.82. The number of anilines is 1. The minimum absolute atomic E-state index is 0.183. The maximum atomic E-state index is 12.2. The Hall–Kier alpha value is -0.870. The molecule has 0 unspecified atom stereocenters. The first kappa shape index (κ1) is 15.2. The molecule has 0 radical (unpaired) electrons. The van der Waals surface area contributed by atoms with E-state index in [0.717, 1.165) is 11.3 Å². The summed E-state index contributed by atoms with van der Waals surface area (Å²) in [6, 6.07) is 3.36. The topological polar surface area (TPSA) is 55.1 Å².